The minimum Gasteiger partial charge on any atom is -0.357 e. The highest BCUT2D eigenvalue weighted by molar-refractivity contribution is 8.76. The topological polar surface area (TPSA) is 129 Å². The van der Waals surface area contributed by atoms with Gasteiger partial charge in [-0.2, -0.15) is 0 Å². The summed E-state index contributed by atoms with van der Waals surface area (Å²) in [6.45, 7) is 0.620. The summed E-state index contributed by atoms with van der Waals surface area (Å²) < 4.78 is 0. The standard InChI is InChI=1S/C42H45N5O5S2/c1-43-38(48)36(26-29-14-4-2-5-15-29)46-25-22-31(30-16-6-3-7-17-30)27-35(42(46)52)45-39(49)37(54-53-28-32-18-10-12-23-44-32)21-11-13-24-47-40(50)33-19-8-9-20-34(33)41(47)51/h2-10,12,14-20,23,31,35-37H,11,13,21-22,24-28H2,1H3,(H,43,48)(H,45,49)/t31-,35-,36-,37-/m0/s1. The summed E-state index contributed by atoms with van der Waals surface area (Å²) in [6, 6.07) is 30.6. The first-order chi connectivity index (χ1) is 26.3. The van der Waals surface area contributed by atoms with Crippen LogP contribution in [-0.4, -0.2) is 81.8 Å². The fourth-order valence-corrected chi connectivity index (χ4v) is 9.66. The van der Waals surface area contributed by atoms with E-state index in [1.165, 1.54) is 26.5 Å². The molecule has 5 amide bonds. The number of nitrogens with one attached hydrogen (secondary N) is 2. The zero-order chi connectivity index (χ0) is 37.9. The van der Waals surface area contributed by atoms with Gasteiger partial charge in [0.2, 0.25) is 17.7 Å². The van der Waals surface area contributed by atoms with E-state index < -0.39 is 17.3 Å². The highest BCUT2D eigenvalue weighted by atomic mass is 33.1. The first-order valence-corrected chi connectivity index (χ1v) is 20.8. The molecule has 0 unspecified atom stereocenters. The Balaban J connectivity index is 1.19. The van der Waals surface area contributed by atoms with Crippen molar-refractivity contribution in [3.63, 3.8) is 0 Å². The predicted molar refractivity (Wildman–Crippen MR) is 213 cm³/mol. The van der Waals surface area contributed by atoms with Crippen LogP contribution in [0.3, 0.4) is 0 Å². The van der Waals surface area contributed by atoms with Crippen molar-refractivity contribution in [2.75, 3.05) is 20.1 Å². The minimum absolute atomic E-state index is 0.0168. The number of carbonyl (C=O) groups is 5. The van der Waals surface area contributed by atoms with Gasteiger partial charge < -0.3 is 15.5 Å². The van der Waals surface area contributed by atoms with Crippen molar-refractivity contribution in [2.24, 2.45) is 0 Å². The SMILES string of the molecule is CNC(=O)[C@H](Cc1ccccc1)N1CC[C@H](c2ccccc2)C[C@H](NC(=O)[C@H](CCCCN2C(=O)c3ccccc3C2=O)SSCc2ccccn2)C1=O. The van der Waals surface area contributed by atoms with Crippen LogP contribution in [0.1, 0.15) is 75.6 Å². The van der Waals surface area contributed by atoms with Gasteiger partial charge in [-0.25, -0.2) is 0 Å². The van der Waals surface area contributed by atoms with E-state index in [2.05, 4.69) is 15.6 Å². The Labute approximate surface area is 324 Å². The zero-order valence-corrected chi connectivity index (χ0v) is 31.9. The van der Waals surface area contributed by atoms with E-state index in [0.717, 1.165) is 16.8 Å². The lowest BCUT2D eigenvalue weighted by atomic mass is 9.90. The summed E-state index contributed by atoms with van der Waals surface area (Å²) in [7, 11) is 4.54. The molecule has 0 bridgehead atoms. The molecule has 3 aromatic carbocycles. The second-order valence-corrected chi connectivity index (χ2v) is 16.1. The van der Waals surface area contributed by atoms with Crippen LogP contribution in [-0.2, 0) is 26.6 Å². The van der Waals surface area contributed by atoms with E-state index in [0.29, 0.717) is 61.9 Å². The Kier molecular flexibility index (Phi) is 13.6. The van der Waals surface area contributed by atoms with Gasteiger partial charge in [-0.05, 0) is 67.0 Å². The fourth-order valence-electron chi connectivity index (χ4n) is 7.10. The van der Waals surface area contributed by atoms with E-state index in [1.807, 2.05) is 78.9 Å². The maximum Gasteiger partial charge on any atom is 0.261 e. The number of unbranched alkanes of at least 4 members (excludes halogenated alkanes) is 1. The molecule has 12 heteroatoms. The molecule has 4 aromatic rings. The summed E-state index contributed by atoms with van der Waals surface area (Å²) in [4.78, 5) is 75.4. The van der Waals surface area contributed by atoms with Crippen molar-refractivity contribution < 1.29 is 24.0 Å². The molecule has 1 aromatic heterocycles. The second-order valence-electron chi connectivity index (χ2n) is 13.5. The van der Waals surface area contributed by atoms with E-state index >= 15 is 0 Å². The summed E-state index contributed by atoms with van der Waals surface area (Å²) >= 11 is 0. The van der Waals surface area contributed by atoms with Gasteiger partial charge in [-0.3, -0.25) is 33.9 Å². The molecule has 4 atom stereocenters. The average molecular weight is 764 g/mol. The molecule has 1 saturated heterocycles. The molecule has 1 fully saturated rings. The number of carbonyl (C=O) groups excluding carboxylic acids is 5. The first-order valence-electron chi connectivity index (χ1n) is 18.4. The van der Waals surface area contributed by atoms with Gasteiger partial charge in [0, 0.05) is 38.5 Å². The van der Waals surface area contributed by atoms with Crippen LogP contribution in [0.15, 0.2) is 109 Å². The number of fused-ring (bicyclic) bond motifs is 1. The molecule has 3 heterocycles. The Morgan fingerprint density at radius 1 is 0.833 bits per heavy atom. The maximum atomic E-state index is 14.5. The highest BCUT2D eigenvalue weighted by Crippen LogP contribution is 2.34. The summed E-state index contributed by atoms with van der Waals surface area (Å²) in [5, 5.41) is 5.37. The van der Waals surface area contributed by atoms with Crippen molar-refractivity contribution in [3.05, 3.63) is 137 Å². The number of likely N-dealkylation sites (N-methyl/N-ethyl adjacent to an activating group) is 1. The van der Waals surface area contributed by atoms with Crippen LogP contribution in [0.4, 0.5) is 0 Å². The molecule has 6 rings (SSSR count). The van der Waals surface area contributed by atoms with Crippen molar-refractivity contribution in [2.45, 2.75) is 67.5 Å². The normalized spacial score (nSPS) is 18.1. The number of hydrogen-bond donors (Lipinski definition) is 2. The largest absolute Gasteiger partial charge is 0.357 e. The van der Waals surface area contributed by atoms with Crippen molar-refractivity contribution in [3.8, 4) is 0 Å². The summed E-state index contributed by atoms with van der Waals surface area (Å²) in [5.74, 6) is -0.815. The molecule has 54 heavy (non-hydrogen) atoms. The van der Waals surface area contributed by atoms with E-state index in [4.69, 9.17) is 0 Å². The van der Waals surface area contributed by atoms with Gasteiger partial charge in [-0.15, -0.1) is 0 Å². The Morgan fingerprint density at radius 3 is 2.17 bits per heavy atom. The van der Waals surface area contributed by atoms with Gasteiger partial charge in [0.25, 0.3) is 11.8 Å². The smallest absolute Gasteiger partial charge is 0.261 e. The van der Waals surface area contributed by atoms with Crippen molar-refractivity contribution in [1.82, 2.24) is 25.4 Å². The van der Waals surface area contributed by atoms with Crippen molar-refractivity contribution in [1.29, 1.82) is 0 Å². The number of imide groups is 1. The van der Waals surface area contributed by atoms with Gasteiger partial charge in [0.15, 0.2) is 0 Å². The lowest BCUT2D eigenvalue weighted by Crippen LogP contribution is -2.56. The molecule has 0 aliphatic carbocycles. The monoisotopic (exact) mass is 763 g/mol. The molecule has 2 aliphatic heterocycles. The van der Waals surface area contributed by atoms with E-state index in [9.17, 15) is 24.0 Å². The number of amides is 5. The molecule has 0 spiro atoms. The van der Waals surface area contributed by atoms with Crippen LogP contribution in [0.25, 0.3) is 0 Å². The number of likely N-dealkylation sites (tertiary alicyclic amines) is 1. The molecule has 10 nitrogen and oxygen atoms in total. The summed E-state index contributed by atoms with van der Waals surface area (Å²) in [6.07, 6.45) is 4.70. The zero-order valence-electron chi connectivity index (χ0n) is 30.3. The van der Waals surface area contributed by atoms with Crippen molar-refractivity contribution >= 4 is 51.1 Å². The molecular weight excluding hydrogens is 719 g/mol. The third kappa shape index (κ3) is 9.58. The molecule has 0 radical (unpaired) electrons. The second kappa shape index (κ2) is 18.9. The molecule has 280 valence electrons. The number of hydrogen-bond acceptors (Lipinski definition) is 8. The fraction of sp³-hybridized carbons (Fsp3) is 0.333. The van der Waals surface area contributed by atoms with E-state index in [1.54, 1.807) is 42.4 Å². The number of benzene rings is 3. The van der Waals surface area contributed by atoms with Crippen LogP contribution in [0, 0.1) is 0 Å². The van der Waals surface area contributed by atoms with Crippen LogP contribution in [0.2, 0.25) is 0 Å². The molecule has 0 saturated carbocycles. The quantitative estimate of drug-likeness (QED) is 0.0803. The first kappa shape index (κ1) is 38.8. The number of aromatic nitrogens is 1. The number of pyridine rings is 1. The van der Waals surface area contributed by atoms with Gasteiger partial charge in [0.1, 0.15) is 12.1 Å². The van der Waals surface area contributed by atoms with Crippen LogP contribution < -0.4 is 10.6 Å². The molecule has 2 aliphatic rings. The molecule has 2 N–H and O–H groups in total. The minimum atomic E-state index is -0.852. The van der Waals surface area contributed by atoms with Gasteiger partial charge >= 0.3 is 0 Å². The Hall–Kier alpha value is -4.94. The third-order valence-electron chi connectivity index (χ3n) is 9.99. The van der Waals surface area contributed by atoms with Gasteiger partial charge in [-0.1, -0.05) is 107 Å². The van der Waals surface area contributed by atoms with E-state index in [-0.39, 0.29) is 42.0 Å². The Morgan fingerprint density at radius 2 is 1.50 bits per heavy atom. The number of nitrogens with zero attached hydrogens (tertiary/aromatic N) is 3. The molecular formula is C42H45N5O5S2. The third-order valence-corrected chi connectivity index (χ3v) is 12.7. The van der Waals surface area contributed by atoms with Gasteiger partial charge in [0.05, 0.1) is 22.1 Å². The highest BCUT2D eigenvalue weighted by Gasteiger charge is 2.40. The summed E-state index contributed by atoms with van der Waals surface area (Å²) in [5.41, 5.74) is 3.74. The predicted octanol–water partition coefficient (Wildman–Crippen LogP) is 6.05. The van der Waals surface area contributed by atoms with Crippen LogP contribution >= 0.6 is 21.6 Å². The maximum absolute atomic E-state index is 14.5. The lowest BCUT2D eigenvalue weighted by molar-refractivity contribution is -0.142. The average Bonchev–Trinajstić information content (AvgIpc) is 3.33. The lowest BCUT2D eigenvalue weighted by Gasteiger charge is -2.32. The Bertz CT molecular complexity index is 1880. The van der Waals surface area contributed by atoms with Crippen LogP contribution in [0.5, 0.6) is 0 Å². The number of rotatable bonds is 16.